The Hall–Kier alpha value is -2.86. The number of rotatable bonds is 3. The highest BCUT2D eigenvalue weighted by atomic mass is 35.5. The summed E-state index contributed by atoms with van der Waals surface area (Å²) in [6.45, 7) is 3.92. The van der Waals surface area contributed by atoms with Crippen molar-refractivity contribution in [1.82, 2.24) is 15.0 Å². The van der Waals surface area contributed by atoms with E-state index < -0.39 is 5.91 Å². The van der Waals surface area contributed by atoms with Crippen molar-refractivity contribution in [3.05, 3.63) is 64.3 Å². The van der Waals surface area contributed by atoms with Crippen molar-refractivity contribution >= 4 is 29.0 Å². The Labute approximate surface area is 144 Å². The number of halogens is 1. The largest absolute Gasteiger partial charge is 0.382 e. The number of benzene rings is 2. The molecule has 0 fully saturated rings. The fourth-order valence-corrected chi connectivity index (χ4v) is 2.50. The zero-order valence-electron chi connectivity index (χ0n) is 13.2. The van der Waals surface area contributed by atoms with Gasteiger partial charge in [0.2, 0.25) is 0 Å². The molecule has 0 saturated carbocycles. The van der Waals surface area contributed by atoms with E-state index in [1.807, 2.05) is 32.0 Å². The van der Waals surface area contributed by atoms with Gasteiger partial charge < -0.3 is 11.1 Å². The minimum Gasteiger partial charge on any atom is -0.382 e. The van der Waals surface area contributed by atoms with Crippen molar-refractivity contribution < 1.29 is 4.79 Å². The summed E-state index contributed by atoms with van der Waals surface area (Å²) >= 11 is 6.05. The molecule has 0 aliphatic rings. The standard InChI is InChI=1S/C17H16ClN5O/c1-10-7-8-11(2)14(9-10)23-16(19)15(21-22-23)17(24)20-13-6-4-3-5-12(13)18/h3-9H,19H2,1-2H3,(H,20,24). The van der Waals surface area contributed by atoms with E-state index in [0.717, 1.165) is 16.8 Å². The first-order valence-electron chi connectivity index (χ1n) is 7.32. The number of hydrogen-bond acceptors (Lipinski definition) is 4. The van der Waals surface area contributed by atoms with E-state index in [2.05, 4.69) is 15.6 Å². The fourth-order valence-electron chi connectivity index (χ4n) is 2.32. The Balaban J connectivity index is 1.94. The molecule has 6 nitrogen and oxygen atoms in total. The second-order valence-corrected chi connectivity index (χ2v) is 5.87. The maximum atomic E-state index is 12.4. The average molecular weight is 342 g/mol. The molecular formula is C17H16ClN5O. The highest BCUT2D eigenvalue weighted by molar-refractivity contribution is 6.33. The monoisotopic (exact) mass is 341 g/mol. The molecule has 3 rings (SSSR count). The summed E-state index contributed by atoms with van der Waals surface area (Å²) in [6, 6.07) is 12.8. The van der Waals surface area contributed by atoms with Gasteiger partial charge >= 0.3 is 0 Å². The van der Waals surface area contributed by atoms with Crippen LogP contribution in [0.1, 0.15) is 21.6 Å². The van der Waals surface area contributed by atoms with Crippen LogP contribution in [0.2, 0.25) is 5.02 Å². The van der Waals surface area contributed by atoms with Gasteiger partial charge in [-0.25, -0.2) is 0 Å². The molecule has 24 heavy (non-hydrogen) atoms. The van der Waals surface area contributed by atoms with E-state index in [1.165, 1.54) is 4.68 Å². The number of carbonyl (C=O) groups excluding carboxylic acids is 1. The van der Waals surface area contributed by atoms with Gasteiger partial charge in [0.25, 0.3) is 5.91 Å². The number of anilines is 2. The number of nitrogens with zero attached hydrogens (tertiary/aromatic N) is 3. The maximum absolute atomic E-state index is 12.4. The number of amides is 1. The normalized spacial score (nSPS) is 10.6. The van der Waals surface area contributed by atoms with Gasteiger partial charge in [-0.2, -0.15) is 4.68 Å². The highest BCUT2D eigenvalue weighted by Gasteiger charge is 2.20. The summed E-state index contributed by atoms with van der Waals surface area (Å²) in [5.74, 6) is -0.287. The third-order valence-electron chi connectivity index (χ3n) is 3.63. The van der Waals surface area contributed by atoms with E-state index in [4.69, 9.17) is 17.3 Å². The number of nitrogens with two attached hydrogens (primary N) is 1. The number of aryl methyl sites for hydroxylation is 2. The lowest BCUT2D eigenvalue weighted by molar-refractivity contribution is 0.102. The van der Waals surface area contributed by atoms with Crippen LogP contribution in [0.4, 0.5) is 11.5 Å². The van der Waals surface area contributed by atoms with E-state index in [0.29, 0.717) is 10.7 Å². The molecule has 2 aromatic carbocycles. The molecule has 7 heteroatoms. The Kier molecular flexibility index (Phi) is 4.22. The lowest BCUT2D eigenvalue weighted by Gasteiger charge is -2.08. The first-order chi connectivity index (χ1) is 11.5. The van der Waals surface area contributed by atoms with Gasteiger partial charge in [0.1, 0.15) is 0 Å². The van der Waals surface area contributed by atoms with Crippen molar-refractivity contribution in [3.8, 4) is 5.69 Å². The quantitative estimate of drug-likeness (QED) is 0.764. The van der Waals surface area contributed by atoms with Gasteiger partial charge in [-0.15, -0.1) is 5.10 Å². The fraction of sp³-hybridized carbons (Fsp3) is 0.118. The summed E-state index contributed by atoms with van der Waals surface area (Å²) in [5, 5.41) is 11.1. The number of carbonyl (C=O) groups is 1. The molecular weight excluding hydrogens is 326 g/mol. The summed E-state index contributed by atoms with van der Waals surface area (Å²) in [4.78, 5) is 12.4. The third kappa shape index (κ3) is 2.96. The van der Waals surface area contributed by atoms with Crippen LogP contribution in [0.25, 0.3) is 5.69 Å². The number of nitrogens with one attached hydrogen (secondary N) is 1. The van der Waals surface area contributed by atoms with Gasteiger partial charge in [0.05, 0.1) is 16.4 Å². The smallest absolute Gasteiger partial charge is 0.280 e. The molecule has 0 aliphatic carbocycles. The molecule has 1 aromatic heterocycles. The van der Waals surface area contributed by atoms with Crippen molar-refractivity contribution in [3.63, 3.8) is 0 Å². The van der Waals surface area contributed by atoms with Crippen molar-refractivity contribution in [2.75, 3.05) is 11.1 Å². The van der Waals surface area contributed by atoms with Crippen LogP contribution in [-0.4, -0.2) is 20.9 Å². The zero-order chi connectivity index (χ0) is 17.3. The van der Waals surface area contributed by atoms with Crippen LogP contribution in [0.3, 0.4) is 0 Å². The second-order valence-electron chi connectivity index (χ2n) is 5.46. The summed E-state index contributed by atoms with van der Waals surface area (Å²) < 4.78 is 1.46. The number of aromatic nitrogens is 3. The van der Waals surface area contributed by atoms with Gasteiger partial charge in [-0.3, -0.25) is 4.79 Å². The van der Waals surface area contributed by atoms with E-state index >= 15 is 0 Å². The molecule has 1 heterocycles. The Morgan fingerprint density at radius 3 is 2.71 bits per heavy atom. The number of hydrogen-bond donors (Lipinski definition) is 2. The van der Waals surface area contributed by atoms with Gasteiger partial charge in [-0.1, -0.05) is 41.1 Å². The van der Waals surface area contributed by atoms with E-state index in [-0.39, 0.29) is 11.5 Å². The third-order valence-corrected chi connectivity index (χ3v) is 3.96. The van der Waals surface area contributed by atoms with Crippen molar-refractivity contribution in [2.45, 2.75) is 13.8 Å². The van der Waals surface area contributed by atoms with Crippen LogP contribution < -0.4 is 11.1 Å². The topological polar surface area (TPSA) is 85.8 Å². The molecule has 0 spiro atoms. The number of nitrogen functional groups attached to an aromatic ring is 1. The predicted molar refractivity (Wildman–Crippen MR) is 94.7 cm³/mol. The van der Waals surface area contributed by atoms with Gasteiger partial charge in [0, 0.05) is 0 Å². The molecule has 0 unspecified atom stereocenters. The summed E-state index contributed by atoms with van der Waals surface area (Å²) in [5.41, 5.74) is 9.47. The van der Waals surface area contributed by atoms with Gasteiger partial charge in [-0.05, 0) is 43.2 Å². The van der Waals surface area contributed by atoms with Gasteiger partial charge in [0.15, 0.2) is 11.5 Å². The van der Waals surface area contributed by atoms with E-state index in [1.54, 1.807) is 24.3 Å². The van der Waals surface area contributed by atoms with E-state index in [9.17, 15) is 4.79 Å². The Morgan fingerprint density at radius 1 is 1.21 bits per heavy atom. The predicted octanol–water partition coefficient (Wildman–Crippen LogP) is 3.37. The first-order valence-corrected chi connectivity index (χ1v) is 7.70. The van der Waals surface area contributed by atoms with Crippen LogP contribution in [0.15, 0.2) is 42.5 Å². The second kappa shape index (κ2) is 6.33. The molecule has 122 valence electrons. The molecule has 3 N–H and O–H groups in total. The SMILES string of the molecule is Cc1ccc(C)c(-n2nnc(C(=O)Nc3ccccc3Cl)c2N)c1. The lowest BCUT2D eigenvalue weighted by atomic mass is 10.1. The van der Waals surface area contributed by atoms with Crippen LogP contribution in [0, 0.1) is 13.8 Å². The van der Waals surface area contributed by atoms with Crippen LogP contribution in [0.5, 0.6) is 0 Å². The van der Waals surface area contributed by atoms with Crippen LogP contribution >= 0.6 is 11.6 Å². The molecule has 0 atom stereocenters. The highest BCUT2D eigenvalue weighted by Crippen LogP contribution is 2.23. The zero-order valence-corrected chi connectivity index (χ0v) is 14.0. The molecule has 0 bridgehead atoms. The summed E-state index contributed by atoms with van der Waals surface area (Å²) in [7, 11) is 0. The minimum atomic E-state index is -0.461. The number of para-hydroxylation sites is 1. The maximum Gasteiger partial charge on any atom is 0.280 e. The van der Waals surface area contributed by atoms with Crippen molar-refractivity contribution in [2.24, 2.45) is 0 Å². The average Bonchev–Trinajstić information content (AvgIpc) is 2.93. The first kappa shape index (κ1) is 16.0. The molecule has 3 aromatic rings. The molecule has 0 saturated heterocycles. The lowest BCUT2D eigenvalue weighted by Crippen LogP contribution is -2.15. The molecule has 0 aliphatic heterocycles. The Morgan fingerprint density at radius 2 is 1.96 bits per heavy atom. The molecule has 0 radical (unpaired) electrons. The van der Waals surface area contributed by atoms with Crippen LogP contribution in [-0.2, 0) is 0 Å². The summed E-state index contributed by atoms with van der Waals surface area (Å²) in [6.07, 6.45) is 0. The Bertz CT molecular complexity index is 919. The van der Waals surface area contributed by atoms with Crippen molar-refractivity contribution in [1.29, 1.82) is 0 Å². The molecule has 1 amide bonds. The minimum absolute atomic E-state index is 0.0517.